The van der Waals surface area contributed by atoms with Crippen molar-refractivity contribution in [3.63, 3.8) is 0 Å². The molecule has 0 radical (unpaired) electrons. The van der Waals surface area contributed by atoms with Crippen LogP contribution in [-0.4, -0.2) is 28.0 Å². The van der Waals surface area contributed by atoms with Gasteiger partial charge in [-0.2, -0.15) is 0 Å². The standard InChI is InChI=1S/C14H18N4S/c1-17(11-14-16-7-8-18(14)2)10-13-12(4-3-6-15)5-9-19-13/h5,7-9H,6,10-11,15H2,1-2H3. The van der Waals surface area contributed by atoms with E-state index in [1.165, 1.54) is 4.88 Å². The van der Waals surface area contributed by atoms with E-state index >= 15 is 0 Å². The van der Waals surface area contributed by atoms with Crippen LogP contribution >= 0.6 is 11.3 Å². The van der Waals surface area contributed by atoms with Crippen molar-refractivity contribution in [3.05, 3.63) is 40.1 Å². The smallest absolute Gasteiger partial charge is 0.122 e. The van der Waals surface area contributed by atoms with Crippen molar-refractivity contribution >= 4 is 11.3 Å². The Morgan fingerprint density at radius 3 is 3.00 bits per heavy atom. The molecule has 2 aromatic heterocycles. The fourth-order valence-corrected chi connectivity index (χ4v) is 2.72. The molecule has 0 amide bonds. The number of aryl methyl sites for hydroxylation is 1. The minimum atomic E-state index is 0.401. The molecule has 0 aliphatic rings. The summed E-state index contributed by atoms with van der Waals surface area (Å²) < 4.78 is 2.04. The van der Waals surface area contributed by atoms with Crippen molar-refractivity contribution < 1.29 is 0 Å². The van der Waals surface area contributed by atoms with E-state index in [0.717, 1.165) is 24.5 Å². The topological polar surface area (TPSA) is 47.1 Å². The molecule has 0 spiro atoms. The average molecular weight is 274 g/mol. The van der Waals surface area contributed by atoms with Gasteiger partial charge in [0.05, 0.1) is 13.1 Å². The lowest BCUT2D eigenvalue weighted by Crippen LogP contribution is -2.19. The van der Waals surface area contributed by atoms with Gasteiger partial charge in [-0.05, 0) is 18.5 Å². The zero-order valence-electron chi connectivity index (χ0n) is 11.3. The fourth-order valence-electron chi connectivity index (χ4n) is 1.81. The number of aromatic nitrogens is 2. The molecule has 2 rings (SSSR count). The quantitative estimate of drug-likeness (QED) is 0.858. The number of imidazole rings is 1. The SMILES string of the molecule is CN(Cc1sccc1C#CCN)Cc1nccn1C. The highest BCUT2D eigenvalue weighted by Crippen LogP contribution is 2.18. The first kappa shape index (κ1) is 13.8. The van der Waals surface area contributed by atoms with Crippen LogP contribution in [0.2, 0.25) is 0 Å². The summed E-state index contributed by atoms with van der Waals surface area (Å²) in [6.07, 6.45) is 3.79. The van der Waals surface area contributed by atoms with Crippen LogP contribution in [0.3, 0.4) is 0 Å². The van der Waals surface area contributed by atoms with Crippen molar-refractivity contribution in [3.8, 4) is 11.8 Å². The van der Waals surface area contributed by atoms with Gasteiger partial charge in [-0.25, -0.2) is 4.98 Å². The molecule has 0 fully saturated rings. The maximum atomic E-state index is 5.41. The second-order valence-electron chi connectivity index (χ2n) is 4.39. The lowest BCUT2D eigenvalue weighted by atomic mass is 10.2. The molecule has 2 aromatic rings. The summed E-state index contributed by atoms with van der Waals surface area (Å²) in [7, 11) is 4.11. The summed E-state index contributed by atoms with van der Waals surface area (Å²) >= 11 is 1.73. The number of thiophene rings is 1. The Hall–Kier alpha value is -1.61. The van der Waals surface area contributed by atoms with Crippen molar-refractivity contribution in [1.82, 2.24) is 14.5 Å². The first-order chi connectivity index (χ1) is 9.20. The highest BCUT2D eigenvalue weighted by molar-refractivity contribution is 7.10. The van der Waals surface area contributed by atoms with Crippen LogP contribution in [0, 0.1) is 11.8 Å². The maximum Gasteiger partial charge on any atom is 0.122 e. The van der Waals surface area contributed by atoms with Gasteiger partial charge in [0.15, 0.2) is 0 Å². The Morgan fingerprint density at radius 2 is 2.32 bits per heavy atom. The Labute approximate surface area is 117 Å². The van der Waals surface area contributed by atoms with Gasteiger partial charge in [-0.1, -0.05) is 11.8 Å². The molecular formula is C14H18N4S. The Bertz CT molecular complexity index is 588. The van der Waals surface area contributed by atoms with E-state index in [-0.39, 0.29) is 0 Å². The van der Waals surface area contributed by atoms with E-state index in [9.17, 15) is 0 Å². The first-order valence-corrected chi connectivity index (χ1v) is 6.98. The summed E-state index contributed by atoms with van der Waals surface area (Å²) in [5, 5.41) is 2.07. The van der Waals surface area contributed by atoms with Crippen molar-refractivity contribution in [2.45, 2.75) is 13.1 Å². The summed E-state index contributed by atoms with van der Waals surface area (Å²) in [5.74, 6) is 7.09. The van der Waals surface area contributed by atoms with E-state index in [2.05, 4.69) is 40.2 Å². The number of hydrogen-bond acceptors (Lipinski definition) is 4. The predicted octanol–water partition coefficient (Wildman–Crippen LogP) is 1.42. The molecule has 0 bridgehead atoms. The van der Waals surface area contributed by atoms with Gasteiger partial charge < -0.3 is 10.3 Å². The van der Waals surface area contributed by atoms with Gasteiger partial charge in [0.1, 0.15) is 5.82 Å². The van der Waals surface area contributed by atoms with E-state index in [4.69, 9.17) is 5.73 Å². The maximum absolute atomic E-state index is 5.41. The van der Waals surface area contributed by atoms with E-state index in [1.807, 2.05) is 24.0 Å². The van der Waals surface area contributed by atoms with Crippen LogP contribution in [0.4, 0.5) is 0 Å². The largest absolute Gasteiger partial charge is 0.337 e. The average Bonchev–Trinajstić information content (AvgIpc) is 2.97. The number of nitrogens with zero attached hydrogens (tertiary/aromatic N) is 3. The molecule has 0 saturated heterocycles. The molecule has 0 aromatic carbocycles. The lowest BCUT2D eigenvalue weighted by Gasteiger charge is -2.15. The first-order valence-electron chi connectivity index (χ1n) is 6.10. The number of nitrogens with two attached hydrogens (primary N) is 1. The summed E-state index contributed by atoms with van der Waals surface area (Å²) in [4.78, 5) is 7.85. The molecular weight excluding hydrogens is 256 g/mol. The molecule has 19 heavy (non-hydrogen) atoms. The van der Waals surface area contributed by atoms with Gasteiger partial charge in [0.2, 0.25) is 0 Å². The third kappa shape index (κ3) is 3.67. The van der Waals surface area contributed by atoms with Crippen molar-refractivity contribution in [2.75, 3.05) is 13.6 Å². The summed E-state index contributed by atoms with van der Waals surface area (Å²) in [5.41, 5.74) is 6.50. The van der Waals surface area contributed by atoms with E-state index < -0.39 is 0 Å². The third-order valence-electron chi connectivity index (χ3n) is 2.82. The van der Waals surface area contributed by atoms with Gasteiger partial charge in [-0.15, -0.1) is 11.3 Å². The van der Waals surface area contributed by atoms with Crippen LogP contribution < -0.4 is 5.73 Å². The predicted molar refractivity (Wildman–Crippen MR) is 78.6 cm³/mol. The Balaban J connectivity index is 2.01. The molecule has 100 valence electrons. The van der Waals surface area contributed by atoms with E-state index in [0.29, 0.717) is 6.54 Å². The second kappa shape index (κ2) is 6.53. The molecule has 2 N–H and O–H groups in total. The van der Waals surface area contributed by atoms with Crippen LogP contribution in [-0.2, 0) is 20.1 Å². The number of rotatable bonds is 4. The molecule has 5 heteroatoms. The zero-order valence-corrected chi connectivity index (χ0v) is 12.1. The monoisotopic (exact) mass is 274 g/mol. The van der Waals surface area contributed by atoms with Gasteiger partial charge in [0.25, 0.3) is 0 Å². The molecule has 0 unspecified atom stereocenters. The number of hydrogen-bond donors (Lipinski definition) is 1. The minimum Gasteiger partial charge on any atom is -0.337 e. The van der Waals surface area contributed by atoms with Crippen molar-refractivity contribution in [2.24, 2.45) is 12.8 Å². The van der Waals surface area contributed by atoms with Crippen molar-refractivity contribution in [1.29, 1.82) is 0 Å². The molecule has 0 aliphatic carbocycles. The molecule has 2 heterocycles. The Morgan fingerprint density at radius 1 is 1.47 bits per heavy atom. The lowest BCUT2D eigenvalue weighted by molar-refractivity contribution is 0.309. The fraction of sp³-hybridized carbons (Fsp3) is 0.357. The molecule has 0 saturated carbocycles. The normalized spacial score (nSPS) is 10.5. The summed E-state index contributed by atoms with van der Waals surface area (Å²) in [6.45, 7) is 2.10. The van der Waals surface area contributed by atoms with Crippen LogP contribution in [0.5, 0.6) is 0 Å². The highest BCUT2D eigenvalue weighted by Gasteiger charge is 2.08. The molecule has 4 nitrogen and oxygen atoms in total. The molecule has 0 atom stereocenters. The summed E-state index contributed by atoms with van der Waals surface area (Å²) in [6, 6.07) is 2.05. The van der Waals surface area contributed by atoms with Crippen LogP contribution in [0.25, 0.3) is 0 Å². The molecule has 0 aliphatic heterocycles. The Kier molecular flexibility index (Phi) is 4.74. The highest BCUT2D eigenvalue weighted by atomic mass is 32.1. The second-order valence-corrected chi connectivity index (χ2v) is 5.39. The van der Waals surface area contributed by atoms with Gasteiger partial charge in [-0.3, -0.25) is 4.90 Å². The van der Waals surface area contributed by atoms with E-state index in [1.54, 1.807) is 11.3 Å². The zero-order chi connectivity index (χ0) is 13.7. The van der Waals surface area contributed by atoms with Crippen LogP contribution in [0.1, 0.15) is 16.3 Å². The van der Waals surface area contributed by atoms with Gasteiger partial charge in [0, 0.05) is 36.4 Å². The van der Waals surface area contributed by atoms with Crippen LogP contribution in [0.15, 0.2) is 23.8 Å². The van der Waals surface area contributed by atoms with Gasteiger partial charge >= 0.3 is 0 Å². The third-order valence-corrected chi connectivity index (χ3v) is 3.72. The minimum absolute atomic E-state index is 0.401.